The van der Waals surface area contributed by atoms with Gasteiger partial charge in [0, 0.05) is 55.3 Å². The van der Waals surface area contributed by atoms with Gasteiger partial charge in [0.05, 0.1) is 24.4 Å². The van der Waals surface area contributed by atoms with Gasteiger partial charge >= 0.3 is 0 Å². The highest BCUT2D eigenvalue weighted by molar-refractivity contribution is 6.17. The second kappa shape index (κ2) is 11.0. The number of hydrogen-bond donors (Lipinski definition) is 4. The first-order chi connectivity index (χ1) is 19.9. The van der Waals surface area contributed by atoms with Crippen LogP contribution < -0.4 is 21.4 Å². The summed E-state index contributed by atoms with van der Waals surface area (Å²) in [6, 6.07) is 10.1. The minimum atomic E-state index is -0.716. The topological polar surface area (TPSA) is 133 Å². The zero-order valence-electron chi connectivity index (χ0n) is 22.0. The van der Waals surface area contributed by atoms with Gasteiger partial charge in [-0.1, -0.05) is 6.07 Å². The van der Waals surface area contributed by atoms with E-state index in [0.717, 1.165) is 0 Å². The van der Waals surface area contributed by atoms with E-state index in [2.05, 4.69) is 36.4 Å². The highest BCUT2D eigenvalue weighted by Gasteiger charge is 2.32. The largest absolute Gasteiger partial charge is 0.406 e. The summed E-state index contributed by atoms with van der Waals surface area (Å²) in [5, 5.41) is 8.84. The van der Waals surface area contributed by atoms with E-state index in [1.807, 2.05) is 0 Å². The van der Waals surface area contributed by atoms with Gasteiger partial charge in [-0.2, -0.15) is 5.48 Å². The molecule has 1 aromatic heterocycles. The van der Waals surface area contributed by atoms with Gasteiger partial charge in [-0.05, 0) is 36.4 Å². The molecule has 0 spiro atoms. The zero-order valence-corrected chi connectivity index (χ0v) is 22.0. The maximum absolute atomic E-state index is 14.6. The predicted molar refractivity (Wildman–Crippen MR) is 146 cm³/mol. The molecule has 13 heteroatoms. The van der Waals surface area contributed by atoms with Gasteiger partial charge in [0.25, 0.3) is 5.91 Å². The van der Waals surface area contributed by atoms with E-state index in [0.29, 0.717) is 46.9 Å². The van der Waals surface area contributed by atoms with E-state index in [-0.39, 0.29) is 48.7 Å². The number of nitrogens with one attached hydrogen (secondary N) is 4. The lowest BCUT2D eigenvalue weighted by molar-refractivity contribution is -0.123. The lowest BCUT2D eigenvalue weighted by Gasteiger charge is -2.32. The average Bonchev–Trinajstić information content (AvgIpc) is 3.43. The average molecular weight is 561 g/mol. The summed E-state index contributed by atoms with van der Waals surface area (Å²) >= 11 is 0. The Morgan fingerprint density at radius 1 is 1.12 bits per heavy atom. The van der Waals surface area contributed by atoms with Crippen LogP contribution in [-0.2, 0) is 16.2 Å². The Morgan fingerprint density at radius 2 is 1.90 bits per heavy atom. The molecule has 4 N–H and O–H groups in total. The fourth-order valence-electron chi connectivity index (χ4n) is 4.99. The van der Waals surface area contributed by atoms with E-state index in [1.54, 1.807) is 42.4 Å². The van der Waals surface area contributed by atoms with E-state index in [9.17, 15) is 18.4 Å². The Kier molecular flexibility index (Phi) is 7.12. The number of likely N-dealkylation sites (N-methyl/N-ethyl adjacent to an activating group) is 1. The molecular weight excluding hydrogens is 534 g/mol. The van der Waals surface area contributed by atoms with Crippen LogP contribution in [0.25, 0.3) is 5.76 Å². The summed E-state index contributed by atoms with van der Waals surface area (Å²) in [5.74, 6) is -1.16. The van der Waals surface area contributed by atoms with E-state index >= 15 is 0 Å². The number of carbonyl (C=O) groups is 2. The van der Waals surface area contributed by atoms with Gasteiger partial charge in [0.1, 0.15) is 23.4 Å². The van der Waals surface area contributed by atoms with Crippen molar-refractivity contribution < 1.29 is 23.2 Å². The number of carbonyl (C=O) groups excluding carboxylic acids is 2. The molecule has 3 aliphatic heterocycles. The molecule has 210 valence electrons. The third kappa shape index (κ3) is 5.12. The monoisotopic (exact) mass is 560 g/mol. The van der Waals surface area contributed by atoms with Crippen molar-refractivity contribution >= 4 is 34.9 Å². The second-order valence-corrected chi connectivity index (χ2v) is 9.63. The van der Waals surface area contributed by atoms with Gasteiger partial charge in [0.15, 0.2) is 5.76 Å². The number of benzene rings is 2. The number of fused-ring (bicyclic) bond motifs is 2. The van der Waals surface area contributed by atoms with Gasteiger partial charge in [-0.25, -0.2) is 18.7 Å². The van der Waals surface area contributed by atoms with Crippen LogP contribution in [0.3, 0.4) is 0 Å². The number of piperazine rings is 1. The van der Waals surface area contributed by atoms with Crippen molar-refractivity contribution in [3.63, 3.8) is 0 Å². The van der Waals surface area contributed by atoms with Crippen LogP contribution in [-0.4, -0.2) is 71.7 Å². The SMILES string of the molecule is CNC(=O)C1CN(C(=O)c2ccc(Nc3ncc4c(n3)C3=C(CNO3)C(c3c(F)cccc3F)=NC4)cc2)CCN1. The molecule has 6 rings (SSSR count). The minimum Gasteiger partial charge on any atom is -0.406 e. The van der Waals surface area contributed by atoms with E-state index in [1.165, 1.54) is 18.2 Å². The Balaban J connectivity index is 1.21. The van der Waals surface area contributed by atoms with E-state index in [4.69, 9.17) is 4.84 Å². The van der Waals surface area contributed by atoms with Gasteiger partial charge in [-0.3, -0.25) is 14.6 Å². The molecule has 2 aromatic carbocycles. The first kappa shape index (κ1) is 26.5. The molecule has 0 aliphatic carbocycles. The first-order valence-electron chi connectivity index (χ1n) is 13.0. The Morgan fingerprint density at radius 3 is 2.66 bits per heavy atom. The highest BCUT2D eigenvalue weighted by Crippen LogP contribution is 2.33. The van der Waals surface area contributed by atoms with E-state index < -0.39 is 17.7 Å². The number of hydrogen-bond acceptors (Lipinski definition) is 9. The standard InChI is InChI=1S/C28H26F2N8O3/c1-31-26(39)21-14-38(10-9-32-21)27(40)15-5-7-17(8-6-15)36-28-34-12-16-11-33-24(22-19(29)3-2-4-20(22)30)18-13-35-41-25(18)23(16)37-28/h2-8,12,21,32,35H,9-11,13-14H2,1H3,(H,31,39)(H,34,36,37). The Bertz CT molecular complexity index is 1570. The molecule has 0 radical (unpaired) electrons. The summed E-state index contributed by atoms with van der Waals surface area (Å²) in [7, 11) is 1.57. The fraction of sp³-hybridized carbons (Fsp3) is 0.250. The van der Waals surface area contributed by atoms with Crippen LogP contribution in [0.5, 0.6) is 0 Å². The Labute approximate surface area is 233 Å². The molecule has 4 heterocycles. The van der Waals surface area contributed by atoms with Crippen molar-refractivity contribution in [3.05, 3.63) is 88.3 Å². The predicted octanol–water partition coefficient (Wildman–Crippen LogP) is 1.91. The van der Waals surface area contributed by atoms with Crippen LogP contribution >= 0.6 is 0 Å². The summed E-state index contributed by atoms with van der Waals surface area (Å²) in [6.07, 6.45) is 1.59. The molecule has 0 saturated carbocycles. The fourth-order valence-corrected chi connectivity index (χ4v) is 4.99. The van der Waals surface area contributed by atoms with Crippen LogP contribution in [0.1, 0.15) is 27.2 Å². The quantitative estimate of drug-likeness (QED) is 0.372. The number of aliphatic imine (C=N–C) groups is 1. The van der Waals surface area contributed by atoms with Crippen LogP contribution in [0.4, 0.5) is 20.4 Å². The number of aromatic nitrogens is 2. The van der Waals surface area contributed by atoms with Gasteiger partial charge in [0.2, 0.25) is 11.9 Å². The van der Waals surface area contributed by atoms with Crippen molar-refractivity contribution in [3.8, 4) is 0 Å². The van der Waals surface area contributed by atoms with Crippen molar-refractivity contribution in [2.45, 2.75) is 12.6 Å². The van der Waals surface area contributed by atoms with Crippen LogP contribution in [0.2, 0.25) is 0 Å². The third-order valence-electron chi connectivity index (χ3n) is 7.08. The molecule has 41 heavy (non-hydrogen) atoms. The minimum absolute atomic E-state index is 0.110. The highest BCUT2D eigenvalue weighted by atomic mass is 19.1. The maximum atomic E-state index is 14.6. The summed E-state index contributed by atoms with van der Waals surface area (Å²) < 4.78 is 29.2. The van der Waals surface area contributed by atoms with Crippen molar-refractivity contribution in [1.82, 2.24) is 31.0 Å². The molecular formula is C28H26F2N8O3. The lowest BCUT2D eigenvalue weighted by Crippen LogP contribution is -2.57. The third-order valence-corrected chi connectivity index (χ3v) is 7.08. The lowest BCUT2D eigenvalue weighted by atomic mass is 9.99. The normalized spacial score (nSPS) is 18.1. The van der Waals surface area contributed by atoms with Crippen molar-refractivity contribution in [2.75, 3.05) is 38.5 Å². The van der Waals surface area contributed by atoms with Crippen LogP contribution in [0, 0.1) is 11.6 Å². The molecule has 11 nitrogen and oxygen atoms in total. The van der Waals surface area contributed by atoms with Crippen LogP contribution in [0.15, 0.2) is 59.2 Å². The number of nitrogens with zero attached hydrogens (tertiary/aromatic N) is 4. The first-order valence-corrected chi connectivity index (χ1v) is 13.0. The summed E-state index contributed by atoms with van der Waals surface area (Å²) in [4.78, 5) is 45.8. The summed E-state index contributed by atoms with van der Waals surface area (Å²) in [5.41, 5.74) is 5.41. The van der Waals surface area contributed by atoms with Gasteiger partial charge in [-0.15, -0.1) is 0 Å². The van der Waals surface area contributed by atoms with Crippen molar-refractivity contribution in [1.29, 1.82) is 0 Å². The molecule has 1 saturated heterocycles. The molecule has 3 aliphatic rings. The molecule has 0 bridgehead atoms. The smallest absolute Gasteiger partial charge is 0.253 e. The number of amides is 2. The number of rotatable bonds is 5. The number of anilines is 2. The van der Waals surface area contributed by atoms with Crippen molar-refractivity contribution in [2.24, 2.45) is 4.99 Å². The van der Waals surface area contributed by atoms with Gasteiger partial charge < -0.3 is 25.7 Å². The molecule has 1 unspecified atom stereocenters. The summed E-state index contributed by atoms with van der Waals surface area (Å²) in [6.45, 7) is 1.61. The number of hydroxylamine groups is 1. The maximum Gasteiger partial charge on any atom is 0.253 e. The molecule has 1 atom stereocenters. The Hall–Kier alpha value is -4.75. The second-order valence-electron chi connectivity index (χ2n) is 9.63. The zero-order chi connectivity index (χ0) is 28.5. The molecule has 1 fully saturated rings. The molecule has 2 amide bonds. The molecule has 3 aromatic rings. The number of halogens is 2.